The molecule has 0 saturated heterocycles. The first-order valence-corrected chi connectivity index (χ1v) is 8.51. The molecule has 0 N–H and O–H groups in total. The van der Waals surface area contributed by atoms with Gasteiger partial charge in [-0.1, -0.05) is 67.6 Å². The van der Waals surface area contributed by atoms with Crippen molar-refractivity contribution >= 4 is 6.47 Å². The molecule has 0 heterocycles. The monoisotopic (exact) mass is 325 g/mol. The van der Waals surface area contributed by atoms with Crippen LogP contribution in [0, 0.1) is 5.92 Å². The van der Waals surface area contributed by atoms with Crippen molar-refractivity contribution in [1.82, 2.24) is 4.90 Å². The van der Waals surface area contributed by atoms with Crippen molar-refractivity contribution < 1.29 is 9.53 Å². The third-order valence-corrected chi connectivity index (χ3v) is 4.42. The average molecular weight is 325 g/mol. The van der Waals surface area contributed by atoms with Crippen LogP contribution in [0.4, 0.5) is 0 Å². The van der Waals surface area contributed by atoms with Gasteiger partial charge in [0.15, 0.2) is 0 Å². The van der Waals surface area contributed by atoms with Gasteiger partial charge >= 0.3 is 0 Å². The lowest BCUT2D eigenvalue weighted by Gasteiger charge is -2.42. The predicted octanol–water partition coefficient (Wildman–Crippen LogP) is 4.28. The second-order valence-corrected chi connectivity index (χ2v) is 6.44. The molecule has 0 bridgehead atoms. The molecule has 0 radical (unpaired) electrons. The van der Waals surface area contributed by atoms with Crippen molar-refractivity contribution in [2.75, 3.05) is 7.11 Å². The van der Waals surface area contributed by atoms with Crippen molar-refractivity contribution in [1.29, 1.82) is 0 Å². The molecule has 3 rings (SSSR count). The number of nitrogens with zero attached hydrogens (tertiary/aromatic N) is 1. The Bertz CT molecular complexity index is 538. The maximum absolute atomic E-state index is 8.95. The molecular formula is C21H27NO2. The van der Waals surface area contributed by atoms with E-state index in [0.717, 1.165) is 25.0 Å². The summed E-state index contributed by atoms with van der Waals surface area (Å²) in [6, 6.07) is 22.4. The number of methoxy groups -OCH3 is 1. The van der Waals surface area contributed by atoms with E-state index in [9.17, 15) is 0 Å². The van der Waals surface area contributed by atoms with Crippen molar-refractivity contribution in [2.24, 2.45) is 5.92 Å². The first-order valence-electron chi connectivity index (χ1n) is 8.51. The van der Waals surface area contributed by atoms with Crippen LogP contribution in [0.2, 0.25) is 0 Å². The fraction of sp³-hybridized carbons (Fsp3) is 0.381. The molecule has 1 fully saturated rings. The number of hydrogen-bond donors (Lipinski definition) is 0. The molecule has 128 valence electrons. The van der Waals surface area contributed by atoms with Gasteiger partial charge in [-0.05, 0) is 29.9 Å². The molecule has 0 atom stereocenters. The van der Waals surface area contributed by atoms with Crippen molar-refractivity contribution in [3.05, 3.63) is 71.8 Å². The lowest BCUT2D eigenvalue weighted by Crippen LogP contribution is -2.43. The van der Waals surface area contributed by atoms with Gasteiger partial charge in [-0.2, -0.15) is 0 Å². The smallest absolute Gasteiger partial charge is 0.292 e. The normalized spacial score (nSPS) is 19.0. The molecule has 1 aliphatic carbocycles. The molecule has 1 aliphatic rings. The summed E-state index contributed by atoms with van der Waals surface area (Å²) in [6.45, 7) is 4.86. The van der Waals surface area contributed by atoms with Gasteiger partial charge in [-0.3, -0.25) is 9.69 Å². The van der Waals surface area contributed by atoms with E-state index in [1.165, 1.54) is 31.1 Å². The predicted molar refractivity (Wildman–Crippen MR) is 97.4 cm³/mol. The summed E-state index contributed by atoms with van der Waals surface area (Å²) in [5.74, 6) is 0.897. The first kappa shape index (κ1) is 18.2. The fourth-order valence-corrected chi connectivity index (χ4v) is 3.11. The summed E-state index contributed by atoms with van der Waals surface area (Å²) in [5.41, 5.74) is 2.84. The van der Waals surface area contributed by atoms with E-state index < -0.39 is 0 Å². The third kappa shape index (κ3) is 5.82. The van der Waals surface area contributed by atoms with E-state index in [0.29, 0.717) is 6.47 Å². The maximum atomic E-state index is 8.95. The number of carbonyl (C=O) groups excluding carboxylic acids is 1. The highest BCUT2D eigenvalue weighted by atomic mass is 16.5. The Balaban J connectivity index is 0.000000471. The minimum Gasteiger partial charge on any atom is -0.471 e. The number of rotatable bonds is 6. The Kier molecular flexibility index (Phi) is 7.50. The lowest BCUT2D eigenvalue weighted by molar-refractivity contribution is -0.126. The van der Waals surface area contributed by atoms with E-state index in [4.69, 9.17) is 4.79 Å². The summed E-state index contributed by atoms with van der Waals surface area (Å²) in [6.07, 6.45) is 2.69. The minimum atomic E-state index is 0.375. The van der Waals surface area contributed by atoms with Gasteiger partial charge < -0.3 is 4.74 Å². The second-order valence-electron chi connectivity index (χ2n) is 6.44. The molecule has 0 unspecified atom stereocenters. The lowest BCUT2D eigenvalue weighted by atomic mass is 9.80. The van der Waals surface area contributed by atoms with Crippen molar-refractivity contribution in [3.63, 3.8) is 0 Å². The van der Waals surface area contributed by atoms with E-state index >= 15 is 0 Å². The van der Waals surface area contributed by atoms with Crippen LogP contribution < -0.4 is 0 Å². The standard InChI is InChI=1S/C19H23N.C2H4O2/c1-16-12-19(13-16)20(14-17-8-4-2-5-9-17)15-18-10-6-3-7-11-18;1-4-2-3/h2-11,16,19H,12-15H2,1H3;2H,1H3. The van der Waals surface area contributed by atoms with Crippen LogP contribution in [0.15, 0.2) is 60.7 Å². The van der Waals surface area contributed by atoms with Crippen LogP contribution >= 0.6 is 0 Å². The summed E-state index contributed by atoms with van der Waals surface area (Å²) in [7, 11) is 1.31. The van der Waals surface area contributed by atoms with Gasteiger partial charge in [0.05, 0.1) is 7.11 Å². The quantitative estimate of drug-likeness (QED) is 0.743. The number of benzene rings is 2. The zero-order valence-corrected chi connectivity index (χ0v) is 14.6. The van der Waals surface area contributed by atoms with Crippen LogP contribution in [-0.4, -0.2) is 24.5 Å². The number of hydrogen-bond acceptors (Lipinski definition) is 3. The number of ether oxygens (including phenoxy) is 1. The van der Waals surface area contributed by atoms with Crippen LogP contribution in [0.5, 0.6) is 0 Å². The topological polar surface area (TPSA) is 29.5 Å². The van der Waals surface area contributed by atoms with Gasteiger partial charge in [0, 0.05) is 19.1 Å². The van der Waals surface area contributed by atoms with Crippen LogP contribution in [-0.2, 0) is 22.6 Å². The van der Waals surface area contributed by atoms with Gasteiger partial charge in [0.1, 0.15) is 0 Å². The van der Waals surface area contributed by atoms with E-state index in [-0.39, 0.29) is 0 Å². The summed E-state index contributed by atoms with van der Waals surface area (Å²) in [4.78, 5) is 11.6. The Morgan fingerprint density at radius 2 is 1.38 bits per heavy atom. The minimum absolute atomic E-state index is 0.375. The van der Waals surface area contributed by atoms with Crippen molar-refractivity contribution in [3.8, 4) is 0 Å². The van der Waals surface area contributed by atoms with Gasteiger partial charge in [0.2, 0.25) is 0 Å². The first-order chi connectivity index (χ1) is 11.7. The molecule has 0 spiro atoms. The highest BCUT2D eigenvalue weighted by molar-refractivity contribution is 5.36. The zero-order chi connectivity index (χ0) is 17.2. The molecule has 3 heteroatoms. The SMILES string of the molecule is CC1CC(N(Cc2ccccc2)Cc2ccccc2)C1.COC=O. The van der Waals surface area contributed by atoms with E-state index in [1.807, 2.05) is 0 Å². The average Bonchev–Trinajstić information content (AvgIpc) is 2.60. The largest absolute Gasteiger partial charge is 0.471 e. The Hall–Kier alpha value is -2.13. The molecule has 0 aromatic heterocycles. The highest BCUT2D eigenvalue weighted by Crippen LogP contribution is 2.33. The van der Waals surface area contributed by atoms with Gasteiger partial charge in [-0.25, -0.2) is 0 Å². The van der Waals surface area contributed by atoms with Crippen LogP contribution in [0.25, 0.3) is 0 Å². The molecule has 3 nitrogen and oxygen atoms in total. The zero-order valence-electron chi connectivity index (χ0n) is 14.6. The van der Waals surface area contributed by atoms with E-state index in [1.54, 1.807) is 0 Å². The maximum Gasteiger partial charge on any atom is 0.292 e. The summed E-state index contributed by atoms with van der Waals surface area (Å²) in [5, 5.41) is 0. The van der Waals surface area contributed by atoms with Gasteiger partial charge in [0.25, 0.3) is 6.47 Å². The van der Waals surface area contributed by atoms with Crippen LogP contribution in [0.3, 0.4) is 0 Å². The third-order valence-electron chi connectivity index (χ3n) is 4.42. The number of carbonyl (C=O) groups is 1. The van der Waals surface area contributed by atoms with E-state index in [2.05, 4.69) is 77.2 Å². The van der Waals surface area contributed by atoms with Crippen LogP contribution in [0.1, 0.15) is 30.9 Å². The summed E-state index contributed by atoms with van der Waals surface area (Å²) < 4.78 is 3.86. The molecule has 2 aromatic rings. The van der Waals surface area contributed by atoms with Crippen molar-refractivity contribution in [2.45, 2.75) is 38.9 Å². The molecule has 1 saturated carbocycles. The Morgan fingerprint density at radius 1 is 0.958 bits per heavy atom. The molecule has 2 aromatic carbocycles. The highest BCUT2D eigenvalue weighted by Gasteiger charge is 2.30. The fourth-order valence-electron chi connectivity index (χ4n) is 3.11. The molecule has 0 aliphatic heterocycles. The molecular weight excluding hydrogens is 298 g/mol. The molecule has 0 amide bonds. The Morgan fingerprint density at radius 3 is 1.71 bits per heavy atom. The second kappa shape index (κ2) is 9.89. The summed E-state index contributed by atoms with van der Waals surface area (Å²) >= 11 is 0. The van der Waals surface area contributed by atoms with Gasteiger partial charge in [-0.15, -0.1) is 0 Å². The molecule has 24 heavy (non-hydrogen) atoms. The Labute approximate surface area is 145 Å².